The Balaban J connectivity index is 1.71. The van der Waals surface area contributed by atoms with E-state index in [2.05, 4.69) is 5.32 Å². The highest BCUT2D eigenvalue weighted by atomic mass is 16.3. The highest BCUT2D eigenvalue weighted by Crippen LogP contribution is 2.18. The summed E-state index contributed by atoms with van der Waals surface area (Å²) in [4.78, 5) is 25.0. The zero-order valence-electron chi connectivity index (χ0n) is 14.8. The molecule has 0 spiro atoms. The third-order valence-corrected chi connectivity index (χ3v) is 5.01. The van der Waals surface area contributed by atoms with E-state index in [4.69, 9.17) is 0 Å². The molecule has 0 bridgehead atoms. The second-order valence-corrected chi connectivity index (χ2v) is 6.85. The van der Waals surface area contributed by atoms with Gasteiger partial charge in [0.1, 0.15) is 0 Å². The van der Waals surface area contributed by atoms with Crippen LogP contribution in [-0.2, 0) is 17.9 Å². The van der Waals surface area contributed by atoms with Crippen LogP contribution in [0.3, 0.4) is 0 Å². The van der Waals surface area contributed by atoms with Gasteiger partial charge in [-0.3, -0.25) is 13.9 Å². The number of hydrogen-bond acceptors (Lipinski definition) is 3. The molecule has 1 fully saturated rings. The van der Waals surface area contributed by atoms with Crippen LogP contribution in [0.1, 0.15) is 45.4 Å². The van der Waals surface area contributed by atoms with Crippen LogP contribution in [0.25, 0.3) is 11.0 Å². The number of para-hydroxylation sites is 2. The Morgan fingerprint density at radius 1 is 1.16 bits per heavy atom. The Morgan fingerprint density at radius 3 is 2.44 bits per heavy atom. The largest absolute Gasteiger partial charge is 0.391 e. The average molecular weight is 345 g/mol. The molecule has 1 amide bonds. The average Bonchev–Trinajstić information content (AvgIpc) is 2.88. The molecule has 0 radical (unpaired) electrons. The monoisotopic (exact) mass is 345 g/mol. The van der Waals surface area contributed by atoms with Gasteiger partial charge in [-0.1, -0.05) is 31.9 Å². The summed E-state index contributed by atoms with van der Waals surface area (Å²) in [5, 5.41) is 12.9. The van der Waals surface area contributed by atoms with Crippen molar-refractivity contribution in [3.8, 4) is 0 Å². The minimum Gasteiger partial charge on any atom is -0.391 e. The molecular weight excluding hydrogens is 318 g/mol. The number of carbonyl (C=O) groups is 1. The van der Waals surface area contributed by atoms with E-state index in [1.807, 2.05) is 31.2 Å². The Bertz CT molecular complexity index is 793. The van der Waals surface area contributed by atoms with E-state index >= 15 is 0 Å². The van der Waals surface area contributed by atoms with E-state index in [0.29, 0.717) is 13.1 Å². The fourth-order valence-corrected chi connectivity index (χ4v) is 3.70. The number of aliphatic hydroxyl groups is 1. The highest BCUT2D eigenvalue weighted by molar-refractivity contribution is 5.78. The molecule has 0 saturated heterocycles. The third kappa shape index (κ3) is 3.79. The molecule has 1 heterocycles. The van der Waals surface area contributed by atoms with E-state index < -0.39 is 6.10 Å². The lowest BCUT2D eigenvalue weighted by atomic mass is 9.92. The van der Waals surface area contributed by atoms with Crippen molar-refractivity contribution >= 4 is 16.9 Å². The van der Waals surface area contributed by atoms with Gasteiger partial charge in [0.2, 0.25) is 5.91 Å². The quantitative estimate of drug-likeness (QED) is 0.841. The molecule has 2 aromatic rings. The molecule has 2 atom stereocenters. The number of rotatable bonds is 6. The summed E-state index contributed by atoms with van der Waals surface area (Å²) in [5.41, 5.74) is 1.72. The Hall–Kier alpha value is -2.08. The van der Waals surface area contributed by atoms with Crippen LogP contribution in [0, 0.1) is 0 Å². The van der Waals surface area contributed by atoms with Crippen molar-refractivity contribution in [1.82, 2.24) is 14.5 Å². The van der Waals surface area contributed by atoms with Crippen LogP contribution in [0.5, 0.6) is 0 Å². The van der Waals surface area contributed by atoms with Gasteiger partial charge in [0.15, 0.2) is 0 Å². The molecule has 1 aliphatic carbocycles. The number of imidazole rings is 1. The lowest BCUT2D eigenvalue weighted by Crippen LogP contribution is -2.45. The normalized spacial score (nSPS) is 20.7. The summed E-state index contributed by atoms with van der Waals surface area (Å²) in [6, 6.07) is 7.55. The summed E-state index contributed by atoms with van der Waals surface area (Å²) in [5.74, 6) is -0.106. The SMILES string of the molecule is CCCn1c(=O)n(CCC(=O)NC2CCCCC2O)c2ccccc21. The van der Waals surface area contributed by atoms with Crippen LogP contribution < -0.4 is 11.0 Å². The Morgan fingerprint density at radius 2 is 1.80 bits per heavy atom. The molecule has 6 heteroatoms. The second-order valence-electron chi connectivity index (χ2n) is 6.85. The van der Waals surface area contributed by atoms with Crippen molar-refractivity contribution in [2.75, 3.05) is 0 Å². The molecule has 2 unspecified atom stereocenters. The zero-order valence-corrected chi connectivity index (χ0v) is 14.8. The van der Waals surface area contributed by atoms with Crippen LogP contribution in [0.4, 0.5) is 0 Å². The number of aryl methyl sites for hydroxylation is 2. The molecule has 6 nitrogen and oxygen atoms in total. The van der Waals surface area contributed by atoms with Crippen LogP contribution >= 0.6 is 0 Å². The van der Waals surface area contributed by atoms with Gasteiger partial charge in [-0.05, 0) is 31.4 Å². The number of carbonyl (C=O) groups excluding carboxylic acids is 1. The molecule has 136 valence electrons. The maximum absolute atomic E-state index is 12.7. The molecule has 2 N–H and O–H groups in total. The predicted octanol–water partition coefficient (Wildman–Crippen LogP) is 2.02. The van der Waals surface area contributed by atoms with Gasteiger partial charge in [0, 0.05) is 19.5 Å². The van der Waals surface area contributed by atoms with Crippen LogP contribution in [0.15, 0.2) is 29.1 Å². The topological polar surface area (TPSA) is 76.3 Å². The van der Waals surface area contributed by atoms with Crippen molar-refractivity contribution in [3.63, 3.8) is 0 Å². The number of amides is 1. The van der Waals surface area contributed by atoms with Gasteiger partial charge in [-0.15, -0.1) is 0 Å². The fourth-order valence-electron chi connectivity index (χ4n) is 3.70. The van der Waals surface area contributed by atoms with E-state index in [9.17, 15) is 14.7 Å². The molecule has 3 rings (SSSR count). The van der Waals surface area contributed by atoms with Crippen molar-refractivity contribution in [1.29, 1.82) is 0 Å². The molecular formula is C19H27N3O3. The number of nitrogens with one attached hydrogen (secondary N) is 1. The third-order valence-electron chi connectivity index (χ3n) is 5.01. The van der Waals surface area contributed by atoms with E-state index in [0.717, 1.165) is 43.1 Å². The summed E-state index contributed by atoms with van der Waals surface area (Å²) >= 11 is 0. The first-order chi connectivity index (χ1) is 12.1. The van der Waals surface area contributed by atoms with Gasteiger partial charge < -0.3 is 10.4 Å². The maximum atomic E-state index is 12.7. The highest BCUT2D eigenvalue weighted by Gasteiger charge is 2.24. The van der Waals surface area contributed by atoms with Gasteiger partial charge in [0.25, 0.3) is 0 Å². The summed E-state index contributed by atoms with van der Waals surface area (Å²) in [6.45, 7) is 3.07. The Kier molecular flexibility index (Phi) is 5.58. The first kappa shape index (κ1) is 17.7. The molecule has 0 aliphatic heterocycles. The minimum atomic E-state index is -0.452. The number of benzene rings is 1. The predicted molar refractivity (Wildman–Crippen MR) is 97.5 cm³/mol. The van der Waals surface area contributed by atoms with Gasteiger partial charge in [0.05, 0.1) is 23.2 Å². The molecule has 1 aromatic carbocycles. The Labute approximate surface area is 147 Å². The summed E-state index contributed by atoms with van der Waals surface area (Å²) in [7, 11) is 0. The minimum absolute atomic E-state index is 0.0615. The standard InChI is InChI=1S/C19H27N3O3/c1-2-12-21-15-8-4-5-9-16(15)22(19(21)25)13-11-18(24)20-14-7-3-6-10-17(14)23/h4-5,8-9,14,17,23H,2-3,6-7,10-13H2,1H3,(H,20,24). The van der Waals surface area contributed by atoms with Crippen molar-refractivity contribution in [2.24, 2.45) is 0 Å². The molecule has 25 heavy (non-hydrogen) atoms. The fraction of sp³-hybridized carbons (Fsp3) is 0.579. The van der Waals surface area contributed by atoms with Crippen molar-refractivity contribution in [3.05, 3.63) is 34.7 Å². The number of nitrogens with zero attached hydrogens (tertiary/aromatic N) is 2. The first-order valence-corrected chi connectivity index (χ1v) is 9.27. The van der Waals surface area contributed by atoms with Crippen LogP contribution in [-0.4, -0.2) is 32.3 Å². The number of fused-ring (bicyclic) bond motifs is 1. The van der Waals surface area contributed by atoms with E-state index in [-0.39, 0.29) is 24.1 Å². The first-order valence-electron chi connectivity index (χ1n) is 9.27. The molecule has 1 aromatic heterocycles. The van der Waals surface area contributed by atoms with Gasteiger partial charge >= 0.3 is 5.69 Å². The van der Waals surface area contributed by atoms with Crippen molar-refractivity contribution in [2.45, 2.75) is 70.7 Å². The van der Waals surface area contributed by atoms with Gasteiger partial charge in [-0.25, -0.2) is 4.79 Å². The lowest BCUT2D eigenvalue weighted by molar-refractivity contribution is -0.123. The lowest BCUT2D eigenvalue weighted by Gasteiger charge is -2.28. The second kappa shape index (κ2) is 7.87. The van der Waals surface area contributed by atoms with Crippen molar-refractivity contribution < 1.29 is 9.90 Å². The number of hydrogen-bond donors (Lipinski definition) is 2. The van der Waals surface area contributed by atoms with Crippen LogP contribution in [0.2, 0.25) is 0 Å². The molecule has 1 saturated carbocycles. The summed E-state index contributed by atoms with van der Waals surface area (Å²) < 4.78 is 3.46. The molecule has 1 aliphatic rings. The van der Waals surface area contributed by atoms with E-state index in [1.54, 1.807) is 9.13 Å². The zero-order chi connectivity index (χ0) is 17.8. The smallest absolute Gasteiger partial charge is 0.329 e. The summed E-state index contributed by atoms with van der Waals surface area (Å²) in [6.07, 6.45) is 4.28. The number of aliphatic hydroxyl groups excluding tert-OH is 1. The van der Waals surface area contributed by atoms with E-state index in [1.165, 1.54) is 0 Å². The van der Waals surface area contributed by atoms with Gasteiger partial charge in [-0.2, -0.15) is 0 Å². The maximum Gasteiger partial charge on any atom is 0.329 e. The number of aromatic nitrogens is 2.